The van der Waals surface area contributed by atoms with Gasteiger partial charge in [-0.25, -0.2) is 73.9 Å². The smallest absolute Gasteiger partial charge is 0.410 e. The number of pyridine rings is 2. The summed E-state index contributed by atoms with van der Waals surface area (Å²) in [6.07, 6.45) is 2.79. The SMILES string of the molecule is Cc1cc(CS(=O)(=O)Cc2c(F)ccc3c(Oc4ncccc4-c4ccnc(N[C@@H]5C[C@@H](F)CN(C(=O)OC(C)(C)C)C5)n4)c(C)ccc23)no1.Cc1cc(CS(=O)(=O)Cc2c(F)ccc3c(Oc4ncccc4-c4ccnc(N[C@H]5C[C@H](F)CN(C(=O)OC(C)(C)C)C5)n4)c(C)ccc23)no1. The third kappa shape index (κ3) is 18.4. The minimum atomic E-state index is -3.83. The molecule has 2 fully saturated rings. The molecule has 4 atom stereocenters. The molecular weight excluding hydrogens is 1360 g/mol. The number of likely N-dealkylation sites (tertiary alicyclic amines) is 2. The van der Waals surface area contributed by atoms with Gasteiger partial charge in [-0.15, -0.1) is 0 Å². The molecule has 0 saturated carbocycles. The molecular formula is C72H76F4N12O12S2. The van der Waals surface area contributed by atoms with E-state index in [0.29, 0.717) is 78.2 Å². The van der Waals surface area contributed by atoms with Crippen LogP contribution in [-0.4, -0.2) is 141 Å². The lowest BCUT2D eigenvalue weighted by atomic mass is 10.0. The Morgan fingerprint density at radius 1 is 0.520 bits per heavy atom. The molecule has 30 heteroatoms. The Kier molecular flexibility index (Phi) is 21.5. The molecule has 8 heterocycles. The fraction of sp³-hybridized carbons (Fsp3) is 0.361. The molecule has 4 aromatic carbocycles. The predicted molar refractivity (Wildman–Crippen MR) is 373 cm³/mol. The number of aryl methyl sites for hydroxylation is 4. The molecule has 0 aliphatic carbocycles. The molecule has 6 aromatic heterocycles. The standard InChI is InChI=1S/2C36H38F2N6O6S/c2*1-21-8-9-26-27(10-11-30(38)29(26)20-51(46,47)19-25-15-22(2)50-43-25)32(21)48-33-28(7-6-13-39-33)31-12-14-40-34(42-31)41-24-16-23(37)17-44(18-24)35(45)49-36(3,4)5/h2*6-15,23-24H,16-20H2,1-5H3,(H,40,41,42)/t2*23-,24-/m10/s1. The van der Waals surface area contributed by atoms with Gasteiger partial charge in [-0.2, -0.15) is 0 Å². The first kappa shape index (κ1) is 72.9. The van der Waals surface area contributed by atoms with Crippen LogP contribution < -0.4 is 20.1 Å². The van der Waals surface area contributed by atoms with E-state index in [1.54, 1.807) is 153 Å². The van der Waals surface area contributed by atoms with Crippen molar-refractivity contribution >= 4 is 65.3 Å². The zero-order valence-corrected chi connectivity index (χ0v) is 59.3. The summed E-state index contributed by atoms with van der Waals surface area (Å²) in [5.41, 5.74) is 2.39. The second kappa shape index (κ2) is 30.1. The summed E-state index contributed by atoms with van der Waals surface area (Å²) in [5.74, 6) is -0.761. The number of anilines is 2. The third-order valence-electron chi connectivity index (χ3n) is 16.2. The summed E-state index contributed by atoms with van der Waals surface area (Å²) in [6.45, 7) is 17.7. The molecule has 0 radical (unpaired) electrons. The number of aromatic nitrogens is 8. The Bertz CT molecular complexity index is 4690. The number of fused-ring (bicyclic) bond motifs is 2. The Morgan fingerprint density at radius 2 is 0.912 bits per heavy atom. The number of alkyl halides is 2. The van der Waals surface area contributed by atoms with Crippen molar-refractivity contribution in [2.24, 2.45) is 0 Å². The number of rotatable bonds is 18. The van der Waals surface area contributed by atoms with Crippen molar-refractivity contribution in [2.45, 2.75) is 141 Å². The summed E-state index contributed by atoms with van der Waals surface area (Å²) in [6, 6.07) is 24.8. The highest BCUT2D eigenvalue weighted by atomic mass is 32.2. The first-order valence-corrected chi connectivity index (χ1v) is 36.3. The minimum Gasteiger partial charge on any atom is -0.444 e. The molecule has 2 amide bonds. The van der Waals surface area contributed by atoms with Gasteiger partial charge in [-0.05, 0) is 152 Å². The Morgan fingerprint density at radius 3 is 1.28 bits per heavy atom. The van der Waals surface area contributed by atoms with E-state index < -0.39 is 102 Å². The number of ether oxygens (including phenoxy) is 4. The number of carbonyl (C=O) groups excluding carboxylic acids is 2. The highest BCUT2D eigenvalue weighted by molar-refractivity contribution is 7.90. The second-order valence-electron chi connectivity index (χ2n) is 27.2. The van der Waals surface area contributed by atoms with Crippen LogP contribution in [0.15, 0.2) is 131 Å². The second-order valence-corrected chi connectivity index (χ2v) is 31.3. The van der Waals surface area contributed by atoms with Gasteiger partial charge in [0.05, 0.1) is 70.0 Å². The zero-order chi connectivity index (χ0) is 73.0. The van der Waals surface area contributed by atoms with Crippen LogP contribution in [0.3, 0.4) is 0 Å². The van der Waals surface area contributed by atoms with Crippen LogP contribution >= 0.6 is 0 Å². The molecule has 102 heavy (non-hydrogen) atoms. The molecule has 0 unspecified atom stereocenters. The number of nitrogens with zero attached hydrogens (tertiary/aromatic N) is 10. The summed E-state index contributed by atoms with van der Waals surface area (Å²) in [7, 11) is -7.66. The molecule has 2 N–H and O–H groups in total. The van der Waals surface area contributed by atoms with Crippen LogP contribution in [0, 0.1) is 39.3 Å². The van der Waals surface area contributed by atoms with Gasteiger partial charge in [-0.3, -0.25) is 0 Å². The van der Waals surface area contributed by atoms with Gasteiger partial charge in [0.2, 0.25) is 23.7 Å². The van der Waals surface area contributed by atoms with Crippen LogP contribution in [0.5, 0.6) is 23.3 Å². The number of hydrogen-bond acceptors (Lipinski definition) is 22. The summed E-state index contributed by atoms with van der Waals surface area (Å²) in [5, 5.41) is 15.6. The van der Waals surface area contributed by atoms with Crippen LogP contribution in [0.1, 0.15) is 99.5 Å². The van der Waals surface area contributed by atoms with Crippen LogP contribution in [-0.2, 0) is 52.2 Å². The van der Waals surface area contributed by atoms with Gasteiger partial charge in [0.15, 0.2) is 19.7 Å². The van der Waals surface area contributed by atoms with Crippen molar-refractivity contribution < 1.29 is 72.0 Å². The van der Waals surface area contributed by atoms with Gasteiger partial charge in [0.25, 0.3) is 0 Å². The monoisotopic (exact) mass is 1440 g/mol. The summed E-state index contributed by atoms with van der Waals surface area (Å²) < 4.78 is 146. The number of halogens is 4. The lowest BCUT2D eigenvalue weighted by Crippen LogP contribution is -2.51. The number of benzene rings is 4. The molecule has 10 aromatic rings. The number of carbonyl (C=O) groups is 2. The van der Waals surface area contributed by atoms with Crippen molar-refractivity contribution in [3.05, 3.63) is 179 Å². The van der Waals surface area contributed by atoms with E-state index in [-0.39, 0.29) is 85.2 Å². The van der Waals surface area contributed by atoms with E-state index in [2.05, 4.69) is 50.9 Å². The number of amides is 2. The number of sulfone groups is 2. The van der Waals surface area contributed by atoms with E-state index in [0.717, 1.165) is 0 Å². The Hall–Kier alpha value is -10.4. The molecule has 24 nitrogen and oxygen atoms in total. The molecule has 12 rings (SSSR count). The first-order chi connectivity index (χ1) is 48.3. The molecule has 536 valence electrons. The molecule has 0 spiro atoms. The summed E-state index contributed by atoms with van der Waals surface area (Å²) >= 11 is 0. The van der Waals surface area contributed by atoms with E-state index >= 15 is 8.78 Å². The average Bonchev–Trinajstić information content (AvgIpc) is 0.854. The van der Waals surface area contributed by atoms with Crippen molar-refractivity contribution in [1.82, 2.24) is 50.0 Å². The maximum Gasteiger partial charge on any atom is 0.410 e. The molecule has 2 saturated heterocycles. The topological polar surface area (TPSA) is 299 Å². The van der Waals surface area contributed by atoms with E-state index in [1.165, 1.54) is 34.1 Å². The quantitative estimate of drug-likeness (QED) is 0.0754. The maximum atomic E-state index is 15.3. The highest BCUT2D eigenvalue weighted by Crippen LogP contribution is 2.41. The number of hydrogen-bond donors (Lipinski definition) is 2. The van der Waals surface area contributed by atoms with E-state index in [1.807, 2.05) is 13.8 Å². The highest BCUT2D eigenvalue weighted by Gasteiger charge is 2.36. The first-order valence-electron chi connectivity index (χ1n) is 32.6. The van der Waals surface area contributed by atoms with Crippen molar-refractivity contribution in [3.63, 3.8) is 0 Å². The minimum absolute atomic E-state index is 0.00814. The summed E-state index contributed by atoms with van der Waals surface area (Å²) in [4.78, 5) is 54.9. The molecule has 0 bridgehead atoms. The van der Waals surface area contributed by atoms with Gasteiger partial charge in [-0.1, -0.05) is 34.6 Å². The van der Waals surface area contributed by atoms with E-state index in [4.69, 9.17) is 28.0 Å². The molecule has 2 aliphatic heterocycles. The van der Waals surface area contributed by atoms with E-state index in [9.17, 15) is 35.2 Å². The lowest BCUT2D eigenvalue weighted by Gasteiger charge is -2.36. The zero-order valence-electron chi connectivity index (χ0n) is 57.6. The fourth-order valence-corrected chi connectivity index (χ4v) is 14.7. The maximum absolute atomic E-state index is 15.3. The van der Waals surface area contributed by atoms with Gasteiger partial charge < -0.3 is 48.4 Å². The lowest BCUT2D eigenvalue weighted by molar-refractivity contribution is 0.0117. The average molecular weight is 1440 g/mol. The van der Waals surface area contributed by atoms with Crippen LogP contribution in [0.4, 0.5) is 39.0 Å². The Balaban J connectivity index is 0.000000205. The molecule has 2 aliphatic rings. The van der Waals surface area contributed by atoms with Crippen LogP contribution in [0.2, 0.25) is 0 Å². The van der Waals surface area contributed by atoms with Crippen LogP contribution in [0.25, 0.3) is 44.1 Å². The van der Waals surface area contributed by atoms with Gasteiger partial charge >= 0.3 is 12.2 Å². The predicted octanol–water partition coefficient (Wildman–Crippen LogP) is 14.2. The van der Waals surface area contributed by atoms with Crippen molar-refractivity contribution in [1.29, 1.82) is 0 Å². The Labute approximate surface area is 586 Å². The van der Waals surface area contributed by atoms with Crippen molar-refractivity contribution in [3.8, 4) is 45.8 Å². The van der Waals surface area contributed by atoms with Crippen molar-refractivity contribution in [2.75, 3.05) is 36.8 Å². The fourth-order valence-electron chi connectivity index (χ4n) is 11.9. The largest absolute Gasteiger partial charge is 0.444 e. The number of piperidine rings is 2. The number of nitrogens with one attached hydrogen (secondary N) is 2. The third-order valence-corrected chi connectivity index (χ3v) is 19.1. The van der Waals surface area contributed by atoms with Gasteiger partial charge in [0, 0.05) is 96.8 Å². The normalized spacial score (nSPS) is 16.6. The van der Waals surface area contributed by atoms with Gasteiger partial charge in [0.1, 0.15) is 58.2 Å².